The van der Waals surface area contributed by atoms with Crippen molar-refractivity contribution in [1.29, 1.82) is 0 Å². The zero-order valence-electron chi connectivity index (χ0n) is 15.3. The van der Waals surface area contributed by atoms with Crippen molar-refractivity contribution in [3.05, 3.63) is 47.6 Å². The van der Waals surface area contributed by atoms with Crippen LogP contribution in [0.15, 0.2) is 34.9 Å². The maximum Gasteiger partial charge on any atom is 0.227 e. The number of methoxy groups -OCH3 is 1. The maximum atomic E-state index is 12.5. The molecular weight excluding hydrogens is 356 g/mol. The molecule has 26 heavy (non-hydrogen) atoms. The van der Waals surface area contributed by atoms with E-state index in [0.29, 0.717) is 44.2 Å². The summed E-state index contributed by atoms with van der Waals surface area (Å²) in [5.74, 6) is 0.983. The molecule has 2 N–H and O–H groups in total. The van der Waals surface area contributed by atoms with Crippen molar-refractivity contribution in [2.75, 3.05) is 26.7 Å². The van der Waals surface area contributed by atoms with Crippen molar-refractivity contribution < 1.29 is 14.1 Å². The SMILES string of the molecule is COC(C)c1noc(CCC(=O)N(CCN)CCc2ccccc2)n1.Cl. The number of ether oxygens (including phenoxy) is 1. The summed E-state index contributed by atoms with van der Waals surface area (Å²) < 4.78 is 10.3. The molecule has 1 heterocycles. The summed E-state index contributed by atoms with van der Waals surface area (Å²) in [6.07, 6.45) is 1.31. The number of nitrogens with two attached hydrogens (primary N) is 1. The van der Waals surface area contributed by atoms with Gasteiger partial charge in [0.15, 0.2) is 5.82 Å². The van der Waals surface area contributed by atoms with Crippen molar-refractivity contribution >= 4 is 18.3 Å². The largest absolute Gasteiger partial charge is 0.374 e. The van der Waals surface area contributed by atoms with Gasteiger partial charge in [-0.3, -0.25) is 4.79 Å². The number of halogens is 1. The zero-order valence-corrected chi connectivity index (χ0v) is 16.1. The molecule has 7 nitrogen and oxygen atoms in total. The molecule has 0 spiro atoms. The number of nitrogens with zero attached hydrogens (tertiary/aromatic N) is 3. The number of benzene rings is 1. The fourth-order valence-electron chi connectivity index (χ4n) is 2.44. The molecular formula is C18H27ClN4O3. The highest BCUT2D eigenvalue weighted by Crippen LogP contribution is 2.13. The van der Waals surface area contributed by atoms with Crippen LogP contribution in [0.4, 0.5) is 0 Å². The molecule has 1 aromatic heterocycles. The second-order valence-corrected chi connectivity index (χ2v) is 5.83. The minimum Gasteiger partial charge on any atom is -0.374 e. The Morgan fingerprint density at radius 2 is 2.00 bits per heavy atom. The number of carbonyl (C=O) groups is 1. The van der Waals surface area contributed by atoms with Gasteiger partial charge in [0.1, 0.15) is 6.10 Å². The molecule has 0 radical (unpaired) electrons. The number of carbonyl (C=O) groups excluding carboxylic acids is 1. The van der Waals surface area contributed by atoms with Gasteiger partial charge < -0.3 is 19.9 Å². The fourth-order valence-corrected chi connectivity index (χ4v) is 2.44. The van der Waals surface area contributed by atoms with Crippen LogP contribution in [0.5, 0.6) is 0 Å². The van der Waals surface area contributed by atoms with Gasteiger partial charge in [-0.1, -0.05) is 35.5 Å². The summed E-state index contributed by atoms with van der Waals surface area (Å²) in [6.45, 7) is 3.47. The van der Waals surface area contributed by atoms with E-state index in [1.807, 2.05) is 25.1 Å². The number of hydrogen-bond donors (Lipinski definition) is 1. The first-order chi connectivity index (χ1) is 12.1. The van der Waals surface area contributed by atoms with Crippen LogP contribution in [0.2, 0.25) is 0 Å². The van der Waals surface area contributed by atoms with Crippen LogP contribution in [-0.2, 0) is 22.4 Å². The fraction of sp³-hybridized carbons (Fsp3) is 0.500. The summed E-state index contributed by atoms with van der Waals surface area (Å²) in [5.41, 5.74) is 6.85. The van der Waals surface area contributed by atoms with Gasteiger partial charge in [-0.05, 0) is 18.9 Å². The van der Waals surface area contributed by atoms with Gasteiger partial charge in [0.2, 0.25) is 11.8 Å². The maximum absolute atomic E-state index is 12.5. The minimum atomic E-state index is -0.229. The average Bonchev–Trinajstić information content (AvgIpc) is 3.12. The number of rotatable bonds is 10. The van der Waals surface area contributed by atoms with E-state index in [0.717, 1.165) is 6.42 Å². The second-order valence-electron chi connectivity index (χ2n) is 5.83. The topological polar surface area (TPSA) is 94.5 Å². The lowest BCUT2D eigenvalue weighted by molar-refractivity contribution is -0.131. The second kappa shape index (κ2) is 11.6. The number of aromatic nitrogens is 2. The summed E-state index contributed by atoms with van der Waals surface area (Å²) >= 11 is 0. The molecule has 1 aromatic carbocycles. The molecule has 0 saturated carbocycles. The summed E-state index contributed by atoms with van der Waals surface area (Å²) in [5, 5.41) is 3.87. The molecule has 1 atom stereocenters. The molecule has 144 valence electrons. The lowest BCUT2D eigenvalue weighted by Gasteiger charge is -2.22. The summed E-state index contributed by atoms with van der Waals surface area (Å²) in [4.78, 5) is 18.5. The van der Waals surface area contributed by atoms with Crippen LogP contribution < -0.4 is 5.73 Å². The normalized spacial score (nSPS) is 11.7. The van der Waals surface area contributed by atoms with Crippen LogP contribution in [0, 0.1) is 0 Å². The van der Waals surface area contributed by atoms with E-state index in [1.54, 1.807) is 12.0 Å². The first-order valence-corrected chi connectivity index (χ1v) is 8.51. The Kier molecular flexibility index (Phi) is 9.87. The standard InChI is InChI=1S/C18H26N4O3.ClH/c1-14(24-2)18-20-16(25-21-18)8-9-17(23)22(13-11-19)12-10-15-6-4-3-5-7-15;/h3-7,14H,8-13,19H2,1-2H3;1H. The highest BCUT2D eigenvalue weighted by atomic mass is 35.5. The third kappa shape index (κ3) is 6.74. The molecule has 0 bridgehead atoms. The third-order valence-electron chi connectivity index (χ3n) is 4.02. The van der Waals surface area contributed by atoms with Crippen molar-refractivity contribution in [2.45, 2.75) is 32.3 Å². The summed E-state index contributed by atoms with van der Waals surface area (Å²) in [7, 11) is 1.58. The molecule has 2 aromatic rings. The van der Waals surface area contributed by atoms with E-state index in [1.165, 1.54) is 5.56 Å². The van der Waals surface area contributed by atoms with Gasteiger partial charge in [-0.2, -0.15) is 4.98 Å². The molecule has 8 heteroatoms. The number of amides is 1. The Morgan fingerprint density at radius 3 is 2.65 bits per heavy atom. The van der Waals surface area contributed by atoms with E-state index in [4.69, 9.17) is 15.0 Å². The van der Waals surface area contributed by atoms with E-state index in [9.17, 15) is 4.79 Å². The lowest BCUT2D eigenvalue weighted by Crippen LogP contribution is -2.37. The highest BCUT2D eigenvalue weighted by molar-refractivity contribution is 5.85. The van der Waals surface area contributed by atoms with Crippen LogP contribution in [0.3, 0.4) is 0 Å². The van der Waals surface area contributed by atoms with Gasteiger partial charge in [0.05, 0.1) is 0 Å². The summed E-state index contributed by atoms with van der Waals surface area (Å²) in [6, 6.07) is 10.1. The monoisotopic (exact) mass is 382 g/mol. The molecule has 0 aliphatic heterocycles. The lowest BCUT2D eigenvalue weighted by atomic mass is 10.1. The van der Waals surface area contributed by atoms with E-state index < -0.39 is 0 Å². The molecule has 0 fully saturated rings. The molecule has 0 aliphatic rings. The molecule has 0 aliphatic carbocycles. The van der Waals surface area contributed by atoms with Crippen LogP contribution in [0.25, 0.3) is 0 Å². The first kappa shape index (κ1) is 22.1. The van der Waals surface area contributed by atoms with Gasteiger partial charge in [-0.25, -0.2) is 0 Å². The predicted molar refractivity (Wildman–Crippen MR) is 101 cm³/mol. The van der Waals surface area contributed by atoms with E-state index in [2.05, 4.69) is 22.3 Å². The zero-order chi connectivity index (χ0) is 18.1. The Labute approximate surface area is 160 Å². The predicted octanol–water partition coefficient (Wildman–Crippen LogP) is 2.16. The smallest absolute Gasteiger partial charge is 0.227 e. The Hall–Kier alpha value is -1.96. The number of aryl methyl sites for hydroxylation is 1. The Morgan fingerprint density at radius 1 is 1.27 bits per heavy atom. The van der Waals surface area contributed by atoms with Crippen LogP contribution >= 0.6 is 12.4 Å². The molecule has 1 amide bonds. The van der Waals surface area contributed by atoms with Crippen LogP contribution in [-0.4, -0.2) is 47.7 Å². The Balaban J connectivity index is 0.00000338. The van der Waals surface area contributed by atoms with Crippen molar-refractivity contribution in [2.24, 2.45) is 5.73 Å². The van der Waals surface area contributed by atoms with Crippen molar-refractivity contribution in [3.63, 3.8) is 0 Å². The van der Waals surface area contributed by atoms with Gasteiger partial charge in [0, 0.05) is 39.6 Å². The quantitative estimate of drug-likeness (QED) is 0.676. The van der Waals surface area contributed by atoms with Crippen molar-refractivity contribution in [1.82, 2.24) is 15.0 Å². The highest BCUT2D eigenvalue weighted by Gasteiger charge is 2.17. The van der Waals surface area contributed by atoms with Crippen LogP contribution in [0.1, 0.15) is 36.7 Å². The Bertz CT molecular complexity index is 651. The van der Waals surface area contributed by atoms with Gasteiger partial charge >= 0.3 is 0 Å². The third-order valence-corrected chi connectivity index (χ3v) is 4.02. The molecule has 1 unspecified atom stereocenters. The van der Waals surface area contributed by atoms with Gasteiger partial charge in [0.25, 0.3) is 0 Å². The molecule has 0 saturated heterocycles. The molecule has 2 rings (SSSR count). The first-order valence-electron chi connectivity index (χ1n) is 8.51. The minimum absolute atomic E-state index is 0. The number of hydrogen-bond acceptors (Lipinski definition) is 6. The average molecular weight is 383 g/mol. The van der Waals surface area contributed by atoms with E-state index >= 15 is 0 Å². The van der Waals surface area contributed by atoms with Crippen molar-refractivity contribution in [3.8, 4) is 0 Å². The van der Waals surface area contributed by atoms with Gasteiger partial charge in [-0.15, -0.1) is 12.4 Å². The van der Waals surface area contributed by atoms with E-state index in [-0.39, 0.29) is 24.4 Å².